The highest BCUT2D eigenvalue weighted by molar-refractivity contribution is 5.61. The average molecular weight is 328 g/mol. The smallest absolute Gasteiger partial charge is 0.161 e. The molecule has 0 heterocycles. The topological polar surface area (TPSA) is 36.9 Å². The molecule has 24 heavy (non-hydrogen) atoms. The van der Waals surface area contributed by atoms with Crippen molar-refractivity contribution in [2.24, 2.45) is 0 Å². The molecule has 0 saturated carbocycles. The number of benzene rings is 2. The largest absolute Gasteiger partial charge is 0.493 e. The number of hydrogen-bond acceptors (Lipinski definition) is 4. The monoisotopic (exact) mass is 328 g/mol. The number of ether oxygens (including phenoxy) is 4. The zero-order chi connectivity index (χ0) is 17.4. The van der Waals surface area contributed by atoms with Gasteiger partial charge in [-0.15, -0.1) is 0 Å². The van der Waals surface area contributed by atoms with Gasteiger partial charge in [-0.25, -0.2) is 0 Å². The molecule has 0 aliphatic heterocycles. The van der Waals surface area contributed by atoms with Crippen LogP contribution in [0, 0.1) is 0 Å². The van der Waals surface area contributed by atoms with Gasteiger partial charge in [-0.05, 0) is 46.5 Å². The Kier molecular flexibility index (Phi) is 4.31. The maximum Gasteiger partial charge on any atom is 0.161 e. The fourth-order valence-electron chi connectivity index (χ4n) is 3.66. The molecule has 128 valence electrons. The van der Waals surface area contributed by atoms with Crippen LogP contribution >= 0.6 is 0 Å². The fourth-order valence-corrected chi connectivity index (χ4v) is 3.66. The summed E-state index contributed by atoms with van der Waals surface area (Å²) < 4.78 is 21.9. The Morgan fingerprint density at radius 3 is 0.875 bits per heavy atom. The van der Waals surface area contributed by atoms with Gasteiger partial charge in [0.15, 0.2) is 23.0 Å². The molecule has 1 aliphatic rings. The standard InChI is InChI=1S/C20H24O4/c1-11-13-7-17(21-3)19(23-5)9-15(13)12(2)16-10-20(24-6)18(22-4)8-14(11)16/h7-12H,1-6H3. The third-order valence-corrected chi connectivity index (χ3v) is 5.04. The van der Waals surface area contributed by atoms with Crippen LogP contribution in [0.1, 0.15) is 47.9 Å². The molecule has 2 aromatic carbocycles. The van der Waals surface area contributed by atoms with E-state index < -0.39 is 0 Å². The number of rotatable bonds is 4. The van der Waals surface area contributed by atoms with E-state index in [1.54, 1.807) is 28.4 Å². The first-order valence-electron chi connectivity index (χ1n) is 8.07. The van der Waals surface area contributed by atoms with Gasteiger partial charge in [-0.3, -0.25) is 0 Å². The van der Waals surface area contributed by atoms with E-state index in [2.05, 4.69) is 38.1 Å². The summed E-state index contributed by atoms with van der Waals surface area (Å²) in [6.07, 6.45) is 0. The lowest BCUT2D eigenvalue weighted by Gasteiger charge is -2.32. The number of hydrogen-bond donors (Lipinski definition) is 0. The van der Waals surface area contributed by atoms with Crippen molar-refractivity contribution in [2.45, 2.75) is 25.7 Å². The van der Waals surface area contributed by atoms with E-state index in [-0.39, 0.29) is 11.8 Å². The summed E-state index contributed by atoms with van der Waals surface area (Å²) in [6.45, 7) is 4.42. The molecule has 1 aliphatic carbocycles. The molecule has 0 unspecified atom stereocenters. The van der Waals surface area contributed by atoms with Crippen LogP contribution in [-0.4, -0.2) is 28.4 Å². The van der Waals surface area contributed by atoms with E-state index in [4.69, 9.17) is 18.9 Å². The maximum absolute atomic E-state index is 5.49. The van der Waals surface area contributed by atoms with Crippen molar-refractivity contribution in [1.29, 1.82) is 0 Å². The Balaban J connectivity index is 2.21. The van der Waals surface area contributed by atoms with Gasteiger partial charge in [0.1, 0.15) is 0 Å². The van der Waals surface area contributed by atoms with Gasteiger partial charge in [-0.2, -0.15) is 0 Å². The van der Waals surface area contributed by atoms with Gasteiger partial charge < -0.3 is 18.9 Å². The van der Waals surface area contributed by atoms with Crippen molar-refractivity contribution < 1.29 is 18.9 Å². The molecular formula is C20H24O4. The van der Waals surface area contributed by atoms with E-state index in [0.717, 1.165) is 23.0 Å². The highest BCUT2D eigenvalue weighted by atomic mass is 16.5. The van der Waals surface area contributed by atoms with Crippen LogP contribution in [0.4, 0.5) is 0 Å². The molecule has 4 heteroatoms. The fraction of sp³-hybridized carbons (Fsp3) is 0.400. The lowest BCUT2D eigenvalue weighted by atomic mass is 9.73. The minimum atomic E-state index is 0.241. The summed E-state index contributed by atoms with van der Waals surface area (Å²) in [5.74, 6) is 3.54. The van der Waals surface area contributed by atoms with Gasteiger partial charge in [0.25, 0.3) is 0 Å². The summed E-state index contributed by atoms with van der Waals surface area (Å²) in [5.41, 5.74) is 5.06. The van der Waals surface area contributed by atoms with E-state index in [0.29, 0.717) is 0 Å². The summed E-state index contributed by atoms with van der Waals surface area (Å²) in [5, 5.41) is 0. The molecular weight excluding hydrogens is 304 g/mol. The lowest BCUT2D eigenvalue weighted by Crippen LogP contribution is -2.16. The SMILES string of the molecule is COc1cc2c(cc1OC)C(C)c1cc(OC)c(OC)cc1C2C. The van der Waals surface area contributed by atoms with Crippen LogP contribution in [0.3, 0.4) is 0 Å². The van der Waals surface area contributed by atoms with Crippen molar-refractivity contribution in [2.75, 3.05) is 28.4 Å². The van der Waals surface area contributed by atoms with Gasteiger partial charge in [-0.1, -0.05) is 13.8 Å². The van der Waals surface area contributed by atoms with E-state index in [9.17, 15) is 0 Å². The molecule has 0 spiro atoms. The maximum atomic E-state index is 5.49. The molecule has 0 fully saturated rings. The van der Waals surface area contributed by atoms with Crippen LogP contribution < -0.4 is 18.9 Å². The minimum Gasteiger partial charge on any atom is -0.493 e. The lowest BCUT2D eigenvalue weighted by molar-refractivity contribution is 0.352. The molecule has 0 amide bonds. The highest BCUT2D eigenvalue weighted by Gasteiger charge is 2.30. The Morgan fingerprint density at radius 2 is 0.708 bits per heavy atom. The molecule has 2 aromatic rings. The second kappa shape index (κ2) is 6.27. The summed E-state index contributed by atoms with van der Waals surface area (Å²) in [4.78, 5) is 0. The van der Waals surface area contributed by atoms with Crippen molar-refractivity contribution in [1.82, 2.24) is 0 Å². The Bertz CT molecular complexity index is 639. The van der Waals surface area contributed by atoms with Crippen molar-refractivity contribution in [3.05, 3.63) is 46.5 Å². The second-order valence-corrected chi connectivity index (χ2v) is 6.12. The van der Waals surface area contributed by atoms with Gasteiger partial charge in [0.2, 0.25) is 0 Å². The summed E-state index contributed by atoms with van der Waals surface area (Å²) >= 11 is 0. The zero-order valence-corrected chi connectivity index (χ0v) is 15.1. The molecule has 3 rings (SSSR count). The molecule has 0 atom stereocenters. The Labute approximate surface area is 143 Å². The molecule has 0 N–H and O–H groups in total. The van der Waals surface area contributed by atoms with Gasteiger partial charge in [0, 0.05) is 11.8 Å². The Morgan fingerprint density at radius 1 is 0.500 bits per heavy atom. The second-order valence-electron chi connectivity index (χ2n) is 6.12. The predicted octanol–water partition coefficient (Wildman–Crippen LogP) is 4.34. The van der Waals surface area contributed by atoms with Crippen molar-refractivity contribution in [3.63, 3.8) is 0 Å². The minimum absolute atomic E-state index is 0.241. The normalized spacial score (nSPS) is 18.4. The predicted molar refractivity (Wildman–Crippen MR) is 94.1 cm³/mol. The number of fused-ring (bicyclic) bond motifs is 2. The van der Waals surface area contributed by atoms with Gasteiger partial charge in [0.05, 0.1) is 28.4 Å². The van der Waals surface area contributed by atoms with Crippen LogP contribution in [0.2, 0.25) is 0 Å². The van der Waals surface area contributed by atoms with Crippen LogP contribution in [0.5, 0.6) is 23.0 Å². The van der Waals surface area contributed by atoms with Crippen LogP contribution in [0.15, 0.2) is 24.3 Å². The van der Waals surface area contributed by atoms with Gasteiger partial charge >= 0.3 is 0 Å². The molecule has 0 saturated heterocycles. The molecule has 0 aromatic heterocycles. The van der Waals surface area contributed by atoms with Crippen molar-refractivity contribution >= 4 is 0 Å². The third kappa shape index (κ3) is 2.37. The van der Waals surface area contributed by atoms with E-state index >= 15 is 0 Å². The first-order chi connectivity index (χ1) is 11.5. The molecule has 4 nitrogen and oxygen atoms in total. The summed E-state index contributed by atoms with van der Waals surface area (Å²) in [6, 6.07) is 8.37. The van der Waals surface area contributed by atoms with Crippen LogP contribution in [0.25, 0.3) is 0 Å². The van der Waals surface area contributed by atoms with Crippen LogP contribution in [-0.2, 0) is 0 Å². The zero-order valence-electron chi connectivity index (χ0n) is 15.1. The number of methoxy groups -OCH3 is 4. The molecule has 0 bridgehead atoms. The van der Waals surface area contributed by atoms with Crippen molar-refractivity contribution in [3.8, 4) is 23.0 Å². The average Bonchev–Trinajstić information content (AvgIpc) is 2.63. The summed E-state index contributed by atoms with van der Waals surface area (Å²) in [7, 11) is 6.68. The highest BCUT2D eigenvalue weighted by Crippen LogP contribution is 2.49. The molecule has 0 radical (unpaired) electrons. The Hall–Kier alpha value is -2.36. The quantitative estimate of drug-likeness (QED) is 0.837. The third-order valence-electron chi connectivity index (χ3n) is 5.04. The van der Waals surface area contributed by atoms with E-state index in [1.807, 2.05) is 0 Å². The first-order valence-corrected chi connectivity index (χ1v) is 8.07. The van der Waals surface area contributed by atoms with E-state index in [1.165, 1.54) is 22.3 Å². The first kappa shape index (κ1) is 16.5.